The maximum atomic E-state index is 6.02. The van der Waals surface area contributed by atoms with Crippen LogP contribution in [-0.2, 0) is 12.8 Å². The van der Waals surface area contributed by atoms with Gasteiger partial charge in [-0.05, 0) is 78.4 Å². The van der Waals surface area contributed by atoms with Crippen LogP contribution in [0.15, 0.2) is 97.1 Å². The van der Waals surface area contributed by atoms with E-state index in [1.54, 1.807) is 7.11 Å². The zero-order valence-electron chi connectivity index (χ0n) is 17.5. The Morgan fingerprint density at radius 3 is 1.16 bits per heavy atom. The van der Waals surface area contributed by atoms with Crippen molar-refractivity contribution in [3.05, 3.63) is 125 Å². The summed E-state index contributed by atoms with van der Waals surface area (Å²) in [4.78, 5) is 0. The molecule has 2 nitrogen and oxygen atoms in total. The molecule has 0 fully saturated rings. The van der Waals surface area contributed by atoms with E-state index in [0.717, 1.165) is 30.1 Å². The van der Waals surface area contributed by atoms with Crippen molar-refractivity contribution in [1.82, 2.24) is 0 Å². The quantitative estimate of drug-likeness (QED) is 0.312. The summed E-state index contributed by atoms with van der Waals surface area (Å²) in [5.41, 5.74) is 6.40. The molecule has 0 aliphatic carbocycles. The predicted octanol–water partition coefficient (Wildman–Crippen LogP) is 7.61. The summed E-state index contributed by atoms with van der Waals surface area (Å²) < 4.78 is 11.2. The van der Waals surface area contributed by atoms with Gasteiger partial charge < -0.3 is 9.47 Å². The van der Waals surface area contributed by atoms with Gasteiger partial charge in [0.15, 0.2) is 0 Å². The van der Waals surface area contributed by atoms with Gasteiger partial charge in [-0.3, -0.25) is 0 Å². The fourth-order valence-electron chi connectivity index (χ4n) is 3.41. The van der Waals surface area contributed by atoms with E-state index in [1.807, 2.05) is 36.4 Å². The highest BCUT2D eigenvalue weighted by molar-refractivity contribution is 5.38. The molecule has 0 radical (unpaired) electrons. The first kappa shape index (κ1) is 22.2. The number of methoxy groups -OCH3 is 1. The molecule has 0 aliphatic heterocycles. The molecule has 0 aliphatic rings. The van der Waals surface area contributed by atoms with Crippen LogP contribution in [0.3, 0.4) is 0 Å². The van der Waals surface area contributed by atoms with E-state index in [-0.39, 0.29) is 7.43 Å². The highest BCUT2D eigenvalue weighted by Crippen LogP contribution is 2.24. The second-order valence-electron chi connectivity index (χ2n) is 7.58. The van der Waals surface area contributed by atoms with Crippen molar-refractivity contribution in [2.75, 3.05) is 7.11 Å². The Labute approximate surface area is 186 Å². The molecule has 2 heteroatoms. The normalized spacial score (nSPS) is 10.3. The molecule has 0 bridgehead atoms. The van der Waals surface area contributed by atoms with E-state index in [2.05, 4.69) is 67.6 Å². The summed E-state index contributed by atoms with van der Waals surface area (Å²) in [7, 11) is 1.69. The SMILES string of the molecule is C.COc1ccc(Cc2ccc(Oc3ccc(Cc4ccc(C)cc4)cc3)cc2)cc1. The molecule has 4 rings (SSSR count). The molecule has 0 aromatic heterocycles. The zero-order valence-corrected chi connectivity index (χ0v) is 17.5. The van der Waals surface area contributed by atoms with Gasteiger partial charge in [-0.15, -0.1) is 0 Å². The highest BCUT2D eigenvalue weighted by Gasteiger charge is 2.02. The van der Waals surface area contributed by atoms with Crippen molar-refractivity contribution in [3.8, 4) is 17.2 Å². The van der Waals surface area contributed by atoms with Gasteiger partial charge in [0.1, 0.15) is 17.2 Å². The lowest BCUT2D eigenvalue weighted by molar-refractivity contribution is 0.414. The lowest BCUT2D eigenvalue weighted by Crippen LogP contribution is -1.91. The minimum atomic E-state index is 0. The number of hydrogen-bond acceptors (Lipinski definition) is 2. The number of benzene rings is 4. The Kier molecular flexibility index (Phi) is 7.50. The molecule has 0 saturated heterocycles. The maximum Gasteiger partial charge on any atom is 0.127 e. The molecular formula is C29H30O2. The minimum absolute atomic E-state index is 0. The summed E-state index contributed by atoms with van der Waals surface area (Å²) in [6.45, 7) is 2.11. The first-order valence-electron chi connectivity index (χ1n) is 10.2. The van der Waals surface area contributed by atoms with E-state index < -0.39 is 0 Å². The third-order valence-electron chi connectivity index (χ3n) is 5.18. The van der Waals surface area contributed by atoms with Gasteiger partial charge in [-0.1, -0.05) is 73.7 Å². The average Bonchev–Trinajstić information content (AvgIpc) is 2.78. The standard InChI is InChI=1S/C28H26O2.CH4/c1-21-3-5-22(6-4-21)19-24-9-15-27(16-10-24)30-28-17-11-25(12-18-28)20-23-7-13-26(29-2)14-8-23;/h3-18H,19-20H2,1-2H3;1H4. The number of hydrogen-bond donors (Lipinski definition) is 0. The minimum Gasteiger partial charge on any atom is -0.497 e. The summed E-state index contributed by atoms with van der Waals surface area (Å²) in [6, 6.07) is 33.5. The van der Waals surface area contributed by atoms with E-state index in [9.17, 15) is 0 Å². The lowest BCUT2D eigenvalue weighted by Gasteiger charge is -2.09. The van der Waals surface area contributed by atoms with Crippen molar-refractivity contribution >= 4 is 0 Å². The smallest absolute Gasteiger partial charge is 0.127 e. The van der Waals surface area contributed by atoms with Crippen molar-refractivity contribution in [1.29, 1.82) is 0 Å². The number of rotatable bonds is 7. The van der Waals surface area contributed by atoms with Gasteiger partial charge in [-0.2, -0.15) is 0 Å². The van der Waals surface area contributed by atoms with Gasteiger partial charge in [-0.25, -0.2) is 0 Å². The molecule has 0 spiro atoms. The fourth-order valence-corrected chi connectivity index (χ4v) is 3.41. The summed E-state index contributed by atoms with van der Waals surface area (Å²) >= 11 is 0. The Hall–Kier alpha value is -3.52. The lowest BCUT2D eigenvalue weighted by atomic mass is 10.0. The second kappa shape index (κ2) is 10.5. The molecule has 4 aromatic rings. The molecule has 0 unspecified atom stereocenters. The van der Waals surface area contributed by atoms with Crippen molar-refractivity contribution < 1.29 is 9.47 Å². The van der Waals surface area contributed by atoms with Gasteiger partial charge in [0, 0.05) is 0 Å². The monoisotopic (exact) mass is 410 g/mol. The summed E-state index contributed by atoms with van der Waals surface area (Å²) in [5.74, 6) is 2.58. The van der Waals surface area contributed by atoms with E-state index in [4.69, 9.17) is 9.47 Å². The Morgan fingerprint density at radius 1 is 0.484 bits per heavy atom. The topological polar surface area (TPSA) is 18.5 Å². The first-order valence-corrected chi connectivity index (χ1v) is 10.2. The average molecular weight is 411 g/mol. The molecule has 0 saturated carbocycles. The van der Waals surface area contributed by atoms with E-state index in [1.165, 1.54) is 27.8 Å². The summed E-state index contributed by atoms with van der Waals surface area (Å²) in [5, 5.41) is 0. The molecular weight excluding hydrogens is 380 g/mol. The van der Waals surface area contributed by atoms with Crippen LogP contribution in [-0.4, -0.2) is 7.11 Å². The third kappa shape index (κ3) is 6.23. The van der Waals surface area contributed by atoms with E-state index in [0.29, 0.717) is 0 Å². The van der Waals surface area contributed by atoms with Crippen LogP contribution < -0.4 is 9.47 Å². The number of ether oxygens (including phenoxy) is 2. The van der Waals surface area contributed by atoms with Crippen LogP contribution in [0.25, 0.3) is 0 Å². The highest BCUT2D eigenvalue weighted by atomic mass is 16.5. The fraction of sp³-hybridized carbons (Fsp3) is 0.172. The van der Waals surface area contributed by atoms with E-state index >= 15 is 0 Å². The Balaban J connectivity index is 0.00000272. The molecule has 0 N–H and O–H groups in total. The number of aryl methyl sites for hydroxylation is 1. The Morgan fingerprint density at radius 2 is 0.806 bits per heavy atom. The van der Waals surface area contributed by atoms with Crippen LogP contribution in [0.2, 0.25) is 0 Å². The van der Waals surface area contributed by atoms with Crippen molar-refractivity contribution in [3.63, 3.8) is 0 Å². The van der Waals surface area contributed by atoms with Crippen molar-refractivity contribution in [2.24, 2.45) is 0 Å². The van der Waals surface area contributed by atoms with Crippen LogP contribution in [0, 0.1) is 6.92 Å². The van der Waals surface area contributed by atoms with Crippen LogP contribution in [0.4, 0.5) is 0 Å². The largest absolute Gasteiger partial charge is 0.497 e. The molecule has 31 heavy (non-hydrogen) atoms. The molecule has 4 aromatic carbocycles. The molecule has 0 heterocycles. The van der Waals surface area contributed by atoms with Crippen LogP contribution in [0.1, 0.15) is 35.2 Å². The Bertz CT molecular complexity index is 1060. The van der Waals surface area contributed by atoms with Gasteiger partial charge in [0.05, 0.1) is 7.11 Å². The first-order chi connectivity index (χ1) is 14.7. The maximum absolute atomic E-state index is 6.02. The van der Waals surface area contributed by atoms with Gasteiger partial charge >= 0.3 is 0 Å². The summed E-state index contributed by atoms with van der Waals surface area (Å²) in [6.07, 6.45) is 1.82. The zero-order chi connectivity index (χ0) is 20.8. The molecule has 0 amide bonds. The second-order valence-corrected chi connectivity index (χ2v) is 7.58. The van der Waals surface area contributed by atoms with Gasteiger partial charge in [0.2, 0.25) is 0 Å². The molecule has 0 atom stereocenters. The third-order valence-corrected chi connectivity index (χ3v) is 5.18. The van der Waals surface area contributed by atoms with Crippen LogP contribution >= 0.6 is 0 Å². The van der Waals surface area contributed by atoms with Crippen LogP contribution in [0.5, 0.6) is 17.2 Å². The predicted molar refractivity (Wildman–Crippen MR) is 129 cm³/mol. The van der Waals surface area contributed by atoms with Crippen molar-refractivity contribution in [2.45, 2.75) is 27.2 Å². The molecule has 158 valence electrons. The van der Waals surface area contributed by atoms with Gasteiger partial charge in [0.25, 0.3) is 0 Å².